The van der Waals surface area contributed by atoms with Crippen LogP contribution in [-0.2, 0) is 0 Å². The Morgan fingerprint density at radius 1 is 1.00 bits per heavy atom. The number of nitrogens with zero attached hydrogens (tertiary/aromatic N) is 3. The Labute approximate surface area is 189 Å². The summed E-state index contributed by atoms with van der Waals surface area (Å²) < 4.78 is 1.90. The number of hydrogen-bond donors (Lipinski definition) is 0. The van der Waals surface area contributed by atoms with E-state index in [1.807, 2.05) is 48.5 Å². The number of hydrazone groups is 1. The Morgan fingerprint density at radius 2 is 1.63 bits per heavy atom. The molecule has 0 fully saturated rings. The van der Waals surface area contributed by atoms with Gasteiger partial charge >= 0.3 is 0 Å². The molecule has 1 aliphatic heterocycles. The van der Waals surface area contributed by atoms with Crippen molar-refractivity contribution in [2.24, 2.45) is 5.10 Å². The van der Waals surface area contributed by atoms with Crippen LogP contribution in [0.15, 0.2) is 86.8 Å². The summed E-state index contributed by atoms with van der Waals surface area (Å²) in [5.41, 5.74) is 2.75. The van der Waals surface area contributed by atoms with Gasteiger partial charge in [0.15, 0.2) is 0 Å². The van der Waals surface area contributed by atoms with Crippen LogP contribution in [0.1, 0.15) is 33.9 Å². The van der Waals surface area contributed by atoms with Crippen LogP contribution in [0.3, 0.4) is 0 Å². The Kier molecular flexibility index (Phi) is 5.78. The minimum Gasteiger partial charge on any atom is -0.267 e. The molecule has 4 rings (SSSR count). The Bertz CT molecular complexity index is 1150. The van der Waals surface area contributed by atoms with Gasteiger partial charge in [-0.15, -0.1) is 0 Å². The second kappa shape index (κ2) is 8.49. The Morgan fingerprint density at radius 3 is 2.27 bits per heavy atom. The maximum atomic E-state index is 13.3. The molecule has 0 aliphatic carbocycles. The molecule has 3 aromatic carbocycles. The van der Waals surface area contributed by atoms with Crippen molar-refractivity contribution in [3.05, 3.63) is 109 Å². The molecule has 0 saturated carbocycles. The van der Waals surface area contributed by atoms with Gasteiger partial charge in [0.1, 0.15) is 0 Å². The van der Waals surface area contributed by atoms with Crippen molar-refractivity contribution in [1.29, 1.82) is 0 Å². The molecule has 1 amide bonds. The summed E-state index contributed by atoms with van der Waals surface area (Å²) in [5, 5.41) is 17.2. The molecule has 1 atom stereocenters. The van der Waals surface area contributed by atoms with E-state index in [1.165, 1.54) is 23.2 Å². The van der Waals surface area contributed by atoms with E-state index in [4.69, 9.17) is 0 Å². The van der Waals surface area contributed by atoms with Crippen LogP contribution in [0.5, 0.6) is 0 Å². The summed E-state index contributed by atoms with van der Waals surface area (Å²) in [4.78, 5) is 23.9. The first-order valence-corrected chi connectivity index (χ1v) is 10.7. The lowest BCUT2D eigenvalue weighted by Gasteiger charge is -2.22. The average molecular weight is 529 g/mol. The molecular weight excluding hydrogens is 514 g/mol. The Balaban J connectivity index is 1.74. The molecule has 0 spiro atoms. The molecule has 1 aliphatic rings. The number of carbonyl (C=O) groups excluding carboxylic acids is 1. The van der Waals surface area contributed by atoms with Crippen LogP contribution in [-0.4, -0.2) is 21.6 Å². The highest BCUT2D eigenvalue weighted by Crippen LogP contribution is 2.35. The van der Waals surface area contributed by atoms with Gasteiger partial charge in [0, 0.05) is 33.1 Å². The van der Waals surface area contributed by atoms with Crippen LogP contribution in [0.4, 0.5) is 5.69 Å². The van der Waals surface area contributed by atoms with Crippen molar-refractivity contribution in [3.8, 4) is 0 Å². The highest BCUT2D eigenvalue weighted by Gasteiger charge is 2.34. The fourth-order valence-corrected chi connectivity index (χ4v) is 3.87. The van der Waals surface area contributed by atoms with Gasteiger partial charge in [0.2, 0.25) is 0 Å². The van der Waals surface area contributed by atoms with Gasteiger partial charge in [-0.3, -0.25) is 14.9 Å². The van der Waals surface area contributed by atoms with Crippen LogP contribution < -0.4 is 0 Å². The number of nitro groups is 1. The number of hydrogen-bond acceptors (Lipinski definition) is 4. The summed E-state index contributed by atoms with van der Waals surface area (Å²) in [7, 11) is 0. The number of nitro benzene ring substituents is 1. The molecule has 0 bridgehead atoms. The normalized spacial score (nSPS) is 15.7. The molecule has 6 nitrogen and oxygen atoms in total. The Hall–Kier alpha value is -2.84. The minimum atomic E-state index is -0.510. The molecule has 150 valence electrons. The summed E-state index contributed by atoms with van der Waals surface area (Å²) in [6, 6.07) is 20.9. The van der Waals surface area contributed by atoms with Crippen LogP contribution in [0, 0.1) is 10.1 Å². The van der Waals surface area contributed by atoms with Gasteiger partial charge < -0.3 is 0 Å². The van der Waals surface area contributed by atoms with Gasteiger partial charge in [-0.05, 0) is 41.5 Å². The first-order chi connectivity index (χ1) is 14.4. The number of rotatable bonds is 4. The van der Waals surface area contributed by atoms with Crippen molar-refractivity contribution in [1.82, 2.24) is 5.01 Å². The predicted molar refractivity (Wildman–Crippen MR) is 121 cm³/mol. The summed E-state index contributed by atoms with van der Waals surface area (Å²) in [6.07, 6.45) is 0.546. The maximum Gasteiger partial charge on any atom is 0.274 e. The van der Waals surface area contributed by atoms with Crippen molar-refractivity contribution >= 4 is 49.2 Å². The third-order valence-corrected chi connectivity index (χ3v) is 5.91. The first-order valence-electron chi connectivity index (χ1n) is 9.09. The molecule has 0 N–H and O–H groups in total. The molecule has 30 heavy (non-hydrogen) atoms. The molecule has 0 radical (unpaired) electrons. The molecule has 0 aromatic heterocycles. The summed E-state index contributed by atoms with van der Waals surface area (Å²) in [6.45, 7) is 0. The third-order valence-electron chi connectivity index (χ3n) is 4.85. The molecular formula is C22H15Br2N3O3. The highest BCUT2D eigenvalue weighted by atomic mass is 79.9. The molecule has 0 unspecified atom stereocenters. The lowest BCUT2D eigenvalue weighted by molar-refractivity contribution is -0.384. The largest absolute Gasteiger partial charge is 0.274 e. The number of halogens is 2. The SMILES string of the molecule is O=C(c1cccc([N+](=O)[O-])c1)N1N=C(c2ccc(Br)cc2)C[C@H]1c1ccc(Br)cc1. The van der Waals surface area contributed by atoms with Gasteiger partial charge in [-0.25, -0.2) is 5.01 Å². The second-order valence-corrected chi connectivity index (χ2v) is 8.61. The lowest BCUT2D eigenvalue weighted by Crippen LogP contribution is -2.27. The van der Waals surface area contributed by atoms with Crippen LogP contribution in [0.2, 0.25) is 0 Å². The van der Waals surface area contributed by atoms with E-state index >= 15 is 0 Å². The van der Waals surface area contributed by atoms with Crippen LogP contribution in [0.25, 0.3) is 0 Å². The van der Waals surface area contributed by atoms with E-state index in [1.54, 1.807) is 6.07 Å². The molecule has 1 heterocycles. The van der Waals surface area contributed by atoms with Gasteiger partial charge in [-0.2, -0.15) is 5.10 Å². The van der Waals surface area contributed by atoms with Crippen LogP contribution >= 0.6 is 31.9 Å². The monoisotopic (exact) mass is 527 g/mol. The number of carbonyl (C=O) groups is 1. The fourth-order valence-electron chi connectivity index (χ4n) is 3.34. The van der Waals surface area contributed by atoms with E-state index in [-0.39, 0.29) is 23.2 Å². The van der Waals surface area contributed by atoms with Crippen molar-refractivity contribution in [3.63, 3.8) is 0 Å². The number of amides is 1. The first kappa shape index (κ1) is 20.4. The predicted octanol–water partition coefficient (Wildman–Crippen LogP) is 6.11. The molecule has 8 heteroatoms. The van der Waals surface area contributed by atoms with E-state index in [9.17, 15) is 14.9 Å². The fraction of sp³-hybridized carbons (Fsp3) is 0.0909. The van der Waals surface area contributed by atoms with Crippen molar-refractivity contribution in [2.45, 2.75) is 12.5 Å². The minimum absolute atomic E-state index is 0.127. The average Bonchev–Trinajstić information content (AvgIpc) is 3.19. The highest BCUT2D eigenvalue weighted by molar-refractivity contribution is 9.10. The number of benzene rings is 3. The summed E-state index contributed by atoms with van der Waals surface area (Å²) >= 11 is 6.86. The third kappa shape index (κ3) is 4.20. The van der Waals surface area contributed by atoms with E-state index in [2.05, 4.69) is 37.0 Å². The van der Waals surface area contributed by atoms with Gasteiger partial charge in [0.05, 0.1) is 16.7 Å². The van der Waals surface area contributed by atoms with Gasteiger partial charge in [0.25, 0.3) is 11.6 Å². The smallest absolute Gasteiger partial charge is 0.267 e. The van der Waals surface area contributed by atoms with E-state index in [0.29, 0.717) is 6.42 Å². The van der Waals surface area contributed by atoms with E-state index in [0.717, 1.165) is 25.8 Å². The topological polar surface area (TPSA) is 75.8 Å². The van der Waals surface area contributed by atoms with Crippen molar-refractivity contribution < 1.29 is 9.72 Å². The maximum absolute atomic E-state index is 13.3. The summed E-state index contributed by atoms with van der Waals surface area (Å²) in [5.74, 6) is -0.376. The zero-order valence-corrected chi connectivity index (χ0v) is 18.7. The molecule has 0 saturated heterocycles. The zero-order chi connectivity index (χ0) is 21.3. The molecule has 3 aromatic rings. The number of non-ortho nitro benzene ring substituents is 1. The van der Waals surface area contributed by atoms with E-state index < -0.39 is 4.92 Å². The second-order valence-electron chi connectivity index (χ2n) is 6.78. The zero-order valence-electron chi connectivity index (χ0n) is 15.5. The van der Waals surface area contributed by atoms with Crippen molar-refractivity contribution in [2.75, 3.05) is 0 Å². The lowest BCUT2D eigenvalue weighted by atomic mass is 9.98. The quantitative estimate of drug-likeness (QED) is 0.303. The van der Waals surface area contributed by atoms with Gasteiger partial charge in [-0.1, -0.05) is 62.2 Å². The standard InChI is InChI=1S/C22H15Br2N3O3/c23-17-8-4-14(5-9-17)20-13-21(15-6-10-18(24)11-7-15)26(25-20)22(28)16-2-1-3-19(12-16)27(29)30/h1-12,21H,13H2/t21-/m0/s1.